The smallest absolute Gasteiger partial charge is 0.191 e. The van der Waals surface area contributed by atoms with Crippen LogP contribution in [0.3, 0.4) is 0 Å². The molecule has 1 aromatic carbocycles. The second-order valence-corrected chi connectivity index (χ2v) is 8.85. The maximum atomic E-state index is 6.51. The molecule has 0 amide bonds. The van der Waals surface area contributed by atoms with E-state index in [9.17, 15) is 0 Å². The first kappa shape index (κ1) is 24.6. The summed E-state index contributed by atoms with van der Waals surface area (Å²) in [6.45, 7) is 8.90. The van der Waals surface area contributed by atoms with E-state index in [0.29, 0.717) is 0 Å². The Morgan fingerprint density at radius 3 is 2.71 bits per heavy atom. The second kappa shape index (κ2) is 12.3. The predicted octanol–water partition coefficient (Wildman–Crippen LogP) is 4.11. The van der Waals surface area contributed by atoms with Crippen molar-refractivity contribution in [3.8, 4) is 5.75 Å². The Kier molecular flexibility index (Phi) is 9.72. The molecule has 1 unspecified atom stereocenters. The molecule has 31 heavy (non-hydrogen) atoms. The van der Waals surface area contributed by atoms with Crippen LogP contribution >= 0.6 is 24.0 Å². The summed E-state index contributed by atoms with van der Waals surface area (Å²) in [6.07, 6.45) is 8.18. The van der Waals surface area contributed by atoms with E-state index < -0.39 is 0 Å². The molecule has 2 aliphatic heterocycles. The van der Waals surface area contributed by atoms with Gasteiger partial charge in [0.25, 0.3) is 0 Å². The number of hydrogen-bond acceptors (Lipinski definition) is 4. The number of para-hydroxylation sites is 1. The normalized spacial score (nSPS) is 23.0. The lowest BCUT2D eigenvalue weighted by atomic mass is 9.86. The first-order valence-electron chi connectivity index (χ1n) is 11.9. The molecule has 0 radical (unpaired) electrons. The van der Waals surface area contributed by atoms with Crippen LogP contribution in [0.4, 0.5) is 0 Å². The molecule has 1 atom stereocenters. The highest BCUT2D eigenvalue weighted by Gasteiger charge is 2.43. The quantitative estimate of drug-likeness (QED) is 0.235. The van der Waals surface area contributed by atoms with Crippen molar-refractivity contribution in [1.29, 1.82) is 0 Å². The summed E-state index contributed by atoms with van der Waals surface area (Å²) in [5, 5.41) is 7.19. The van der Waals surface area contributed by atoms with Crippen molar-refractivity contribution in [1.82, 2.24) is 15.5 Å². The molecule has 4 rings (SSSR count). The maximum Gasteiger partial charge on any atom is 0.191 e. The van der Waals surface area contributed by atoms with Crippen molar-refractivity contribution < 1.29 is 9.47 Å². The van der Waals surface area contributed by atoms with Gasteiger partial charge in [0, 0.05) is 38.2 Å². The fourth-order valence-corrected chi connectivity index (χ4v) is 5.02. The second-order valence-electron chi connectivity index (χ2n) is 8.85. The largest absolute Gasteiger partial charge is 0.487 e. The van der Waals surface area contributed by atoms with Crippen LogP contribution in [0, 0.1) is 0 Å². The topological polar surface area (TPSA) is 58.1 Å². The van der Waals surface area contributed by atoms with Crippen molar-refractivity contribution in [3.63, 3.8) is 0 Å². The highest BCUT2D eigenvalue weighted by atomic mass is 127. The van der Waals surface area contributed by atoms with Crippen molar-refractivity contribution in [2.75, 3.05) is 45.9 Å². The lowest BCUT2D eigenvalue weighted by Gasteiger charge is -2.40. The van der Waals surface area contributed by atoms with Crippen LogP contribution in [0.1, 0.15) is 63.5 Å². The van der Waals surface area contributed by atoms with E-state index in [1.165, 1.54) is 24.8 Å². The molecule has 6 nitrogen and oxygen atoms in total. The summed E-state index contributed by atoms with van der Waals surface area (Å²) in [7, 11) is 0. The monoisotopic (exact) mass is 542 g/mol. The molecule has 7 heteroatoms. The zero-order chi connectivity index (χ0) is 20.7. The number of halogens is 1. The van der Waals surface area contributed by atoms with Crippen LogP contribution < -0.4 is 15.4 Å². The number of morpholine rings is 1. The molecule has 3 aliphatic rings. The van der Waals surface area contributed by atoms with Gasteiger partial charge in [-0.05, 0) is 58.1 Å². The highest BCUT2D eigenvalue weighted by Crippen LogP contribution is 2.46. The number of nitrogens with zero attached hydrogens (tertiary/aromatic N) is 2. The molecule has 0 bridgehead atoms. The third-order valence-corrected chi connectivity index (χ3v) is 6.62. The van der Waals surface area contributed by atoms with Crippen LogP contribution in [0.5, 0.6) is 5.75 Å². The van der Waals surface area contributed by atoms with Crippen molar-refractivity contribution in [2.24, 2.45) is 4.99 Å². The average molecular weight is 543 g/mol. The Morgan fingerprint density at radius 1 is 1.16 bits per heavy atom. The Bertz CT molecular complexity index is 703. The Hall–Kier alpha value is -1.06. The number of guanidine groups is 1. The summed E-state index contributed by atoms with van der Waals surface area (Å²) < 4.78 is 11.9. The van der Waals surface area contributed by atoms with Crippen molar-refractivity contribution >= 4 is 29.9 Å². The SMILES string of the molecule is CCNC(=NCCCCN1CCOCC1)NC1CC2(CCCC2)Oc2ccccc21.I. The zero-order valence-electron chi connectivity index (χ0n) is 18.9. The van der Waals surface area contributed by atoms with Crippen LogP contribution in [0.25, 0.3) is 0 Å². The van der Waals surface area contributed by atoms with Crippen LogP contribution in [-0.2, 0) is 4.74 Å². The lowest BCUT2D eigenvalue weighted by Crippen LogP contribution is -2.46. The first-order chi connectivity index (χ1) is 14.8. The Labute approximate surface area is 204 Å². The molecule has 2 fully saturated rings. The highest BCUT2D eigenvalue weighted by molar-refractivity contribution is 14.0. The molecule has 0 aromatic heterocycles. The predicted molar refractivity (Wildman–Crippen MR) is 137 cm³/mol. The first-order valence-corrected chi connectivity index (χ1v) is 11.9. The molecular formula is C24H39IN4O2. The minimum atomic E-state index is 0. The molecule has 2 N–H and O–H groups in total. The molecule has 1 aliphatic carbocycles. The minimum Gasteiger partial charge on any atom is -0.487 e. The Morgan fingerprint density at radius 2 is 1.94 bits per heavy atom. The van der Waals surface area contributed by atoms with Crippen LogP contribution in [0.15, 0.2) is 29.3 Å². The average Bonchev–Trinajstić information content (AvgIpc) is 3.21. The molecule has 1 saturated carbocycles. The van der Waals surface area contributed by atoms with E-state index in [0.717, 1.165) is 83.3 Å². The molecule has 1 saturated heterocycles. The Balaban J connectivity index is 0.00000272. The molecular weight excluding hydrogens is 503 g/mol. The van der Waals surface area contributed by atoms with E-state index in [-0.39, 0.29) is 35.6 Å². The van der Waals surface area contributed by atoms with Gasteiger partial charge >= 0.3 is 0 Å². The molecule has 1 spiro atoms. The van der Waals surface area contributed by atoms with Gasteiger partial charge in [-0.15, -0.1) is 24.0 Å². The van der Waals surface area contributed by atoms with E-state index in [2.05, 4.69) is 46.7 Å². The van der Waals surface area contributed by atoms with E-state index >= 15 is 0 Å². The molecule has 174 valence electrons. The van der Waals surface area contributed by atoms with Gasteiger partial charge in [0.1, 0.15) is 11.4 Å². The third-order valence-electron chi connectivity index (χ3n) is 6.62. The number of benzene rings is 1. The fraction of sp³-hybridized carbons (Fsp3) is 0.708. The summed E-state index contributed by atoms with van der Waals surface area (Å²) in [5.74, 6) is 1.98. The number of unbranched alkanes of at least 4 members (excludes halogenated alkanes) is 1. The van der Waals surface area contributed by atoms with Crippen LogP contribution in [0.2, 0.25) is 0 Å². The van der Waals surface area contributed by atoms with E-state index in [4.69, 9.17) is 14.5 Å². The summed E-state index contributed by atoms with van der Waals surface area (Å²) in [5.41, 5.74) is 1.26. The van der Waals surface area contributed by atoms with Gasteiger partial charge in [-0.25, -0.2) is 0 Å². The van der Waals surface area contributed by atoms with Gasteiger partial charge in [0.05, 0.1) is 19.3 Å². The minimum absolute atomic E-state index is 0. The fourth-order valence-electron chi connectivity index (χ4n) is 5.02. The number of nitrogens with one attached hydrogen (secondary N) is 2. The summed E-state index contributed by atoms with van der Waals surface area (Å²) >= 11 is 0. The molecule has 1 aromatic rings. The summed E-state index contributed by atoms with van der Waals surface area (Å²) in [6, 6.07) is 8.76. The number of ether oxygens (including phenoxy) is 2. The van der Waals surface area contributed by atoms with Crippen molar-refractivity contribution in [2.45, 2.75) is 63.5 Å². The maximum absolute atomic E-state index is 6.51. The standard InChI is InChI=1S/C24H38N4O2.HI/c1-2-25-23(26-13-7-8-14-28-15-17-29-18-16-28)27-21-19-24(11-5-6-12-24)30-22-10-4-3-9-20(21)22;/h3-4,9-10,21H,2,5-8,11-19H2,1H3,(H2,25,26,27);1H. The summed E-state index contributed by atoms with van der Waals surface area (Å²) in [4.78, 5) is 7.39. The zero-order valence-corrected chi connectivity index (χ0v) is 21.2. The van der Waals surface area contributed by atoms with Gasteiger partial charge in [0.2, 0.25) is 0 Å². The number of rotatable bonds is 7. The van der Waals surface area contributed by atoms with E-state index in [1.807, 2.05) is 0 Å². The van der Waals surface area contributed by atoms with Gasteiger partial charge in [-0.3, -0.25) is 9.89 Å². The lowest BCUT2D eigenvalue weighted by molar-refractivity contribution is 0.0373. The van der Waals surface area contributed by atoms with Crippen molar-refractivity contribution in [3.05, 3.63) is 29.8 Å². The third kappa shape index (κ3) is 6.71. The number of aliphatic imine (C=N–C) groups is 1. The number of hydrogen-bond donors (Lipinski definition) is 2. The van der Waals surface area contributed by atoms with E-state index in [1.54, 1.807) is 0 Å². The van der Waals surface area contributed by atoms with Gasteiger partial charge in [-0.1, -0.05) is 18.2 Å². The van der Waals surface area contributed by atoms with Crippen LogP contribution in [-0.4, -0.2) is 62.4 Å². The van der Waals surface area contributed by atoms with Gasteiger partial charge in [0.15, 0.2) is 5.96 Å². The number of fused-ring (bicyclic) bond motifs is 1. The van der Waals surface area contributed by atoms with Gasteiger partial charge in [-0.2, -0.15) is 0 Å². The molecule has 2 heterocycles. The van der Waals surface area contributed by atoms with Gasteiger partial charge < -0.3 is 20.1 Å².